The molecule has 0 unspecified atom stereocenters. The fourth-order valence-corrected chi connectivity index (χ4v) is 3.30. The lowest BCUT2D eigenvalue weighted by Crippen LogP contribution is -2.39. The quantitative estimate of drug-likeness (QED) is 0.293. The first-order valence-corrected chi connectivity index (χ1v) is 10.5. The summed E-state index contributed by atoms with van der Waals surface area (Å²) in [5.74, 6) is -0.693. The van der Waals surface area contributed by atoms with E-state index in [4.69, 9.17) is 28.8 Å². The Labute approximate surface area is 188 Å². The third-order valence-electron chi connectivity index (χ3n) is 5.18. The maximum Gasteiger partial charge on any atom is 0.337 e. The summed E-state index contributed by atoms with van der Waals surface area (Å²) in [7, 11) is 5.99. The molecule has 0 radical (unpaired) electrons. The second kappa shape index (κ2) is 13.2. The molecule has 0 fully saturated rings. The lowest BCUT2D eigenvalue weighted by atomic mass is 9.92. The fraction of sp³-hybridized carbons (Fsp3) is 0.565. The van der Waals surface area contributed by atoms with E-state index in [1.54, 1.807) is 25.3 Å². The zero-order chi connectivity index (χ0) is 23.5. The van der Waals surface area contributed by atoms with Crippen molar-refractivity contribution < 1.29 is 38.4 Å². The molecule has 1 aromatic carbocycles. The largest absolute Gasteiger partial charge is 0.465 e. The number of methoxy groups -OCH3 is 3. The van der Waals surface area contributed by atoms with Gasteiger partial charge in [-0.15, -0.1) is 0 Å². The molecule has 0 bridgehead atoms. The molecule has 1 aliphatic rings. The smallest absolute Gasteiger partial charge is 0.337 e. The van der Waals surface area contributed by atoms with E-state index < -0.39 is 18.5 Å². The highest BCUT2D eigenvalue weighted by molar-refractivity contribution is 5.91. The van der Waals surface area contributed by atoms with Crippen molar-refractivity contribution >= 4 is 11.9 Å². The molecule has 1 N–H and O–H groups in total. The van der Waals surface area contributed by atoms with Crippen LogP contribution >= 0.6 is 0 Å². The Morgan fingerprint density at radius 1 is 1.16 bits per heavy atom. The Kier molecular flexibility index (Phi) is 10.6. The highest BCUT2D eigenvalue weighted by Crippen LogP contribution is 2.32. The Balaban J connectivity index is 2.20. The maximum absolute atomic E-state index is 13.0. The Bertz CT molecular complexity index is 760. The molecular weight excluding hydrogens is 418 g/mol. The average Bonchev–Trinajstić information content (AvgIpc) is 2.83. The zero-order valence-corrected chi connectivity index (χ0v) is 19.1. The monoisotopic (exact) mass is 451 g/mol. The topological polar surface area (TPSA) is 104 Å². The Morgan fingerprint density at radius 3 is 2.44 bits per heavy atom. The van der Waals surface area contributed by atoms with E-state index in [-0.39, 0.29) is 30.7 Å². The minimum atomic E-state index is -0.614. The van der Waals surface area contributed by atoms with E-state index in [1.807, 2.05) is 12.1 Å². The normalized spacial score (nSPS) is 18.1. The molecule has 1 heterocycles. The van der Waals surface area contributed by atoms with E-state index in [0.717, 1.165) is 5.56 Å². The number of carbonyl (C=O) groups is 2. The zero-order valence-electron chi connectivity index (χ0n) is 19.1. The van der Waals surface area contributed by atoms with Gasteiger partial charge in [-0.2, -0.15) is 0 Å². The van der Waals surface area contributed by atoms with Crippen LogP contribution in [0.25, 0.3) is 0 Å². The van der Waals surface area contributed by atoms with E-state index >= 15 is 0 Å². The van der Waals surface area contributed by atoms with Crippen molar-refractivity contribution in [3.63, 3.8) is 0 Å². The van der Waals surface area contributed by atoms with Crippen LogP contribution in [0.15, 0.2) is 36.1 Å². The van der Waals surface area contributed by atoms with Crippen molar-refractivity contribution in [3.05, 3.63) is 47.2 Å². The van der Waals surface area contributed by atoms with Gasteiger partial charge in [-0.1, -0.05) is 12.1 Å². The molecule has 1 aromatic rings. The van der Waals surface area contributed by atoms with Gasteiger partial charge in [0.25, 0.3) is 5.91 Å². The van der Waals surface area contributed by atoms with Gasteiger partial charge < -0.3 is 33.7 Å². The minimum Gasteiger partial charge on any atom is -0.465 e. The van der Waals surface area contributed by atoms with Crippen LogP contribution in [0.1, 0.15) is 41.1 Å². The van der Waals surface area contributed by atoms with Crippen molar-refractivity contribution in [2.24, 2.45) is 0 Å². The number of nitrogens with zero attached hydrogens (tertiary/aromatic N) is 1. The highest BCUT2D eigenvalue weighted by Gasteiger charge is 2.31. The molecule has 2 atom stereocenters. The SMILES string of the molecule is COC(=O)c1ccc([C@@H]2C=C(C(=O)N(C)CC(OC)OC)O[C@H](OCCCCO)C2)cc1. The molecule has 32 heavy (non-hydrogen) atoms. The summed E-state index contributed by atoms with van der Waals surface area (Å²) in [5, 5.41) is 8.96. The van der Waals surface area contributed by atoms with E-state index in [2.05, 4.69) is 0 Å². The first-order valence-electron chi connectivity index (χ1n) is 10.5. The van der Waals surface area contributed by atoms with Crippen molar-refractivity contribution in [2.75, 3.05) is 48.1 Å². The molecule has 2 rings (SSSR count). The van der Waals surface area contributed by atoms with Gasteiger partial charge in [0.05, 0.1) is 25.8 Å². The molecule has 1 amide bonds. The van der Waals surface area contributed by atoms with Crippen LogP contribution in [0.4, 0.5) is 0 Å². The van der Waals surface area contributed by atoms with Gasteiger partial charge in [0.1, 0.15) is 0 Å². The van der Waals surface area contributed by atoms with Crippen LogP contribution in [0.5, 0.6) is 0 Å². The first-order chi connectivity index (χ1) is 15.4. The maximum atomic E-state index is 13.0. The van der Waals surface area contributed by atoms with Gasteiger partial charge in [0.2, 0.25) is 6.29 Å². The first kappa shape index (κ1) is 25.8. The number of benzene rings is 1. The van der Waals surface area contributed by atoms with Gasteiger partial charge in [-0.25, -0.2) is 4.79 Å². The van der Waals surface area contributed by atoms with Gasteiger partial charge in [-0.05, 0) is 36.6 Å². The third-order valence-corrected chi connectivity index (χ3v) is 5.18. The number of hydrogen-bond acceptors (Lipinski definition) is 8. The molecule has 0 aliphatic carbocycles. The van der Waals surface area contributed by atoms with Crippen LogP contribution < -0.4 is 0 Å². The Hall–Kier alpha value is -2.46. The van der Waals surface area contributed by atoms with Crippen LogP contribution in [-0.4, -0.2) is 82.6 Å². The minimum absolute atomic E-state index is 0.0959. The molecule has 0 spiro atoms. The number of hydrogen-bond donors (Lipinski definition) is 1. The van der Waals surface area contributed by atoms with Crippen molar-refractivity contribution in [1.82, 2.24) is 4.90 Å². The molecule has 0 saturated heterocycles. The number of allylic oxidation sites excluding steroid dienone is 1. The summed E-state index contributed by atoms with van der Waals surface area (Å²) in [6.07, 6.45) is 2.43. The molecule has 9 heteroatoms. The van der Waals surface area contributed by atoms with Gasteiger partial charge >= 0.3 is 5.97 Å². The predicted molar refractivity (Wildman–Crippen MR) is 116 cm³/mol. The molecule has 9 nitrogen and oxygen atoms in total. The third kappa shape index (κ3) is 7.30. The summed E-state index contributed by atoms with van der Waals surface area (Å²) >= 11 is 0. The number of ether oxygens (including phenoxy) is 5. The number of unbranched alkanes of at least 4 members (excludes halogenated alkanes) is 1. The standard InChI is InChI=1S/C23H33NO8/c1-24(15-21(28-2)29-3)22(26)19-13-18(14-20(32-19)31-12-6-5-11-25)16-7-9-17(10-8-16)23(27)30-4/h7-10,13,18,20-21,25H,5-6,11-12,14-15H2,1-4H3/t18-,20+/m1/s1. The number of carbonyl (C=O) groups excluding carboxylic acids is 2. The summed E-state index contributed by atoms with van der Waals surface area (Å²) in [4.78, 5) is 26.2. The van der Waals surface area contributed by atoms with Crippen LogP contribution in [0, 0.1) is 0 Å². The molecule has 1 aliphatic heterocycles. The van der Waals surface area contributed by atoms with Gasteiger partial charge in [0.15, 0.2) is 12.0 Å². The van der Waals surface area contributed by atoms with Crippen molar-refractivity contribution in [3.8, 4) is 0 Å². The average molecular weight is 452 g/mol. The summed E-state index contributed by atoms with van der Waals surface area (Å²) in [6.45, 7) is 0.734. The predicted octanol–water partition coefficient (Wildman–Crippen LogP) is 2.05. The van der Waals surface area contributed by atoms with Crippen LogP contribution in [-0.2, 0) is 28.5 Å². The fourth-order valence-electron chi connectivity index (χ4n) is 3.30. The van der Waals surface area contributed by atoms with Crippen molar-refractivity contribution in [2.45, 2.75) is 37.8 Å². The summed E-state index contributed by atoms with van der Waals surface area (Å²) in [6, 6.07) is 7.05. The highest BCUT2D eigenvalue weighted by atomic mass is 16.7. The van der Waals surface area contributed by atoms with Crippen LogP contribution in [0.2, 0.25) is 0 Å². The lowest BCUT2D eigenvalue weighted by Gasteiger charge is -2.31. The Morgan fingerprint density at radius 2 is 1.84 bits per heavy atom. The number of esters is 1. The van der Waals surface area contributed by atoms with Gasteiger partial charge in [0, 0.05) is 40.2 Å². The molecule has 178 valence electrons. The number of aliphatic hydroxyl groups is 1. The van der Waals surface area contributed by atoms with E-state index in [9.17, 15) is 9.59 Å². The summed E-state index contributed by atoms with van der Waals surface area (Å²) in [5.41, 5.74) is 1.37. The number of aliphatic hydroxyl groups excluding tert-OH is 1. The molecular formula is C23H33NO8. The summed E-state index contributed by atoms with van der Waals surface area (Å²) < 4.78 is 26.8. The van der Waals surface area contributed by atoms with Crippen LogP contribution in [0.3, 0.4) is 0 Å². The van der Waals surface area contributed by atoms with Gasteiger partial charge in [-0.3, -0.25) is 4.79 Å². The second-order valence-electron chi connectivity index (χ2n) is 7.42. The molecule has 0 aromatic heterocycles. The lowest BCUT2D eigenvalue weighted by molar-refractivity contribution is -0.158. The number of likely N-dealkylation sites (N-methyl/N-ethyl adjacent to an activating group) is 1. The van der Waals surface area contributed by atoms with E-state index in [1.165, 1.54) is 26.2 Å². The molecule has 0 saturated carbocycles. The number of amides is 1. The van der Waals surface area contributed by atoms with Crippen molar-refractivity contribution in [1.29, 1.82) is 0 Å². The number of rotatable bonds is 12. The second-order valence-corrected chi connectivity index (χ2v) is 7.42. The van der Waals surface area contributed by atoms with E-state index in [0.29, 0.717) is 31.4 Å².